The third kappa shape index (κ3) is 2.10. The van der Waals surface area contributed by atoms with Crippen molar-refractivity contribution < 1.29 is 9.47 Å². The summed E-state index contributed by atoms with van der Waals surface area (Å²) < 4.78 is 10.9. The molecule has 20 heavy (non-hydrogen) atoms. The van der Waals surface area contributed by atoms with Crippen molar-refractivity contribution in [1.29, 1.82) is 0 Å². The van der Waals surface area contributed by atoms with Crippen LogP contribution in [-0.2, 0) is 13.0 Å². The molecule has 0 saturated carbocycles. The monoisotopic (exact) mass is 271 g/mol. The van der Waals surface area contributed by atoms with Crippen LogP contribution in [0.5, 0.6) is 11.5 Å². The van der Waals surface area contributed by atoms with Crippen molar-refractivity contribution in [3.05, 3.63) is 35.8 Å². The molecule has 0 saturated heterocycles. The number of fused-ring (bicyclic) bond motifs is 1. The summed E-state index contributed by atoms with van der Waals surface area (Å²) in [6.45, 7) is 1.74. The van der Waals surface area contributed by atoms with E-state index in [1.807, 2.05) is 18.2 Å². The highest BCUT2D eigenvalue weighted by molar-refractivity contribution is 5.74. The van der Waals surface area contributed by atoms with Gasteiger partial charge in [-0.3, -0.25) is 0 Å². The molecule has 1 N–H and O–H groups in total. The number of benzene rings is 1. The fraction of sp³-hybridized carbons (Fsp3) is 0.333. The molecule has 2 aromatic rings. The SMILES string of the molecule is COc1cccc(-c2ncnc3c2CNCC3)c1OC. The number of nitrogens with one attached hydrogen (secondary N) is 1. The van der Waals surface area contributed by atoms with Crippen LogP contribution in [0.3, 0.4) is 0 Å². The van der Waals surface area contributed by atoms with E-state index in [1.165, 1.54) is 0 Å². The number of rotatable bonds is 3. The van der Waals surface area contributed by atoms with Crippen LogP contribution >= 0.6 is 0 Å². The number of methoxy groups -OCH3 is 2. The predicted octanol–water partition coefficient (Wildman–Crippen LogP) is 1.81. The van der Waals surface area contributed by atoms with Crippen LogP contribution in [0.1, 0.15) is 11.3 Å². The molecule has 0 fully saturated rings. The Kier molecular flexibility index (Phi) is 3.52. The Morgan fingerprint density at radius 1 is 1.15 bits per heavy atom. The Hall–Kier alpha value is -2.14. The van der Waals surface area contributed by atoms with Gasteiger partial charge in [0.25, 0.3) is 0 Å². The first-order valence-corrected chi connectivity index (χ1v) is 6.60. The maximum Gasteiger partial charge on any atom is 0.170 e. The fourth-order valence-electron chi connectivity index (χ4n) is 2.58. The summed E-state index contributed by atoms with van der Waals surface area (Å²) in [6.07, 6.45) is 2.55. The van der Waals surface area contributed by atoms with E-state index in [0.29, 0.717) is 11.5 Å². The van der Waals surface area contributed by atoms with Gasteiger partial charge in [-0.2, -0.15) is 0 Å². The number of hydrogen-bond acceptors (Lipinski definition) is 5. The van der Waals surface area contributed by atoms with E-state index >= 15 is 0 Å². The van der Waals surface area contributed by atoms with E-state index in [-0.39, 0.29) is 0 Å². The Balaban J connectivity index is 2.19. The standard InChI is InChI=1S/C15H17N3O2/c1-19-13-5-3-4-10(15(13)20-2)14-11-8-16-7-6-12(11)17-9-18-14/h3-5,9,16H,6-8H2,1-2H3. The van der Waals surface area contributed by atoms with Gasteiger partial charge in [0, 0.05) is 30.6 Å². The zero-order valence-corrected chi connectivity index (χ0v) is 11.6. The molecule has 5 nitrogen and oxygen atoms in total. The molecule has 2 heterocycles. The van der Waals surface area contributed by atoms with Crippen molar-refractivity contribution in [2.24, 2.45) is 0 Å². The molecule has 1 aliphatic rings. The van der Waals surface area contributed by atoms with Gasteiger partial charge in [-0.15, -0.1) is 0 Å². The highest BCUT2D eigenvalue weighted by Gasteiger charge is 2.20. The number of ether oxygens (including phenoxy) is 2. The largest absolute Gasteiger partial charge is 0.493 e. The van der Waals surface area contributed by atoms with Crippen molar-refractivity contribution >= 4 is 0 Å². The van der Waals surface area contributed by atoms with Gasteiger partial charge >= 0.3 is 0 Å². The molecule has 0 radical (unpaired) electrons. The first-order valence-electron chi connectivity index (χ1n) is 6.60. The van der Waals surface area contributed by atoms with Crippen molar-refractivity contribution in [1.82, 2.24) is 15.3 Å². The van der Waals surface area contributed by atoms with E-state index in [2.05, 4.69) is 15.3 Å². The average Bonchev–Trinajstić information content (AvgIpc) is 2.53. The highest BCUT2D eigenvalue weighted by Crippen LogP contribution is 2.38. The quantitative estimate of drug-likeness (QED) is 0.922. The molecule has 0 amide bonds. The number of para-hydroxylation sites is 1. The summed E-state index contributed by atoms with van der Waals surface area (Å²) in [5.41, 5.74) is 4.11. The second kappa shape index (κ2) is 5.46. The lowest BCUT2D eigenvalue weighted by Crippen LogP contribution is -2.25. The van der Waals surface area contributed by atoms with Crippen LogP contribution in [0.4, 0.5) is 0 Å². The zero-order valence-electron chi connectivity index (χ0n) is 11.6. The van der Waals surface area contributed by atoms with E-state index in [1.54, 1.807) is 20.5 Å². The molecule has 3 rings (SSSR count). The maximum atomic E-state index is 5.51. The van der Waals surface area contributed by atoms with E-state index < -0.39 is 0 Å². The topological polar surface area (TPSA) is 56.3 Å². The second-order valence-corrected chi connectivity index (χ2v) is 4.62. The van der Waals surface area contributed by atoms with Crippen molar-refractivity contribution in [2.45, 2.75) is 13.0 Å². The molecule has 5 heteroatoms. The lowest BCUT2D eigenvalue weighted by atomic mass is 9.99. The lowest BCUT2D eigenvalue weighted by molar-refractivity contribution is 0.356. The van der Waals surface area contributed by atoms with Gasteiger partial charge in [-0.1, -0.05) is 6.07 Å². The minimum atomic E-state index is 0.709. The van der Waals surface area contributed by atoms with Crippen LogP contribution in [0.15, 0.2) is 24.5 Å². The Labute approximate surface area is 118 Å². The summed E-state index contributed by atoms with van der Waals surface area (Å²) >= 11 is 0. The van der Waals surface area contributed by atoms with Crippen LogP contribution in [0.2, 0.25) is 0 Å². The van der Waals surface area contributed by atoms with E-state index in [0.717, 1.165) is 42.0 Å². The van der Waals surface area contributed by atoms with Gasteiger partial charge < -0.3 is 14.8 Å². The molecule has 0 aliphatic carbocycles. The molecule has 0 spiro atoms. The molecular weight excluding hydrogens is 254 g/mol. The van der Waals surface area contributed by atoms with Gasteiger partial charge in [-0.05, 0) is 12.1 Å². The summed E-state index contributed by atoms with van der Waals surface area (Å²) in [6, 6.07) is 5.83. The minimum absolute atomic E-state index is 0.709. The summed E-state index contributed by atoms with van der Waals surface area (Å²) in [4.78, 5) is 8.84. The number of nitrogens with zero attached hydrogens (tertiary/aromatic N) is 2. The average molecular weight is 271 g/mol. The third-order valence-corrected chi connectivity index (χ3v) is 3.53. The Bertz CT molecular complexity index is 591. The highest BCUT2D eigenvalue weighted by atomic mass is 16.5. The Morgan fingerprint density at radius 2 is 2.05 bits per heavy atom. The first kappa shape index (κ1) is 12.9. The van der Waals surface area contributed by atoms with E-state index in [4.69, 9.17) is 9.47 Å². The van der Waals surface area contributed by atoms with Gasteiger partial charge in [0.15, 0.2) is 11.5 Å². The molecule has 1 aromatic carbocycles. The minimum Gasteiger partial charge on any atom is -0.493 e. The normalized spacial score (nSPS) is 13.7. The first-order chi connectivity index (χ1) is 9.85. The lowest BCUT2D eigenvalue weighted by Gasteiger charge is -2.20. The molecule has 0 unspecified atom stereocenters. The second-order valence-electron chi connectivity index (χ2n) is 4.62. The van der Waals surface area contributed by atoms with Crippen molar-refractivity contribution in [3.8, 4) is 22.8 Å². The third-order valence-electron chi connectivity index (χ3n) is 3.53. The van der Waals surface area contributed by atoms with Gasteiger partial charge in [0.2, 0.25) is 0 Å². The van der Waals surface area contributed by atoms with E-state index in [9.17, 15) is 0 Å². The molecule has 0 bridgehead atoms. The summed E-state index contributed by atoms with van der Waals surface area (Å²) in [7, 11) is 3.28. The smallest absolute Gasteiger partial charge is 0.170 e. The maximum absolute atomic E-state index is 5.51. The van der Waals surface area contributed by atoms with Crippen LogP contribution in [-0.4, -0.2) is 30.7 Å². The van der Waals surface area contributed by atoms with Gasteiger partial charge in [0.05, 0.1) is 25.6 Å². The van der Waals surface area contributed by atoms with Gasteiger partial charge in [-0.25, -0.2) is 9.97 Å². The molecule has 1 aromatic heterocycles. The van der Waals surface area contributed by atoms with Crippen molar-refractivity contribution in [3.63, 3.8) is 0 Å². The number of hydrogen-bond donors (Lipinski definition) is 1. The fourth-order valence-corrected chi connectivity index (χ4v) is 2.58. The summed E-state index contributed by atoms with van der Waals surface area (Å²) in [5.74, 6) is 1.42. The number of aromatic nitrogens is 2. The molecule has 0 atom stereocenters. The van der Waals surface area contributed by atoms with Gasteiger partial charge in [0.1, 0.15) is 6.33 Å². The molecule has 104 valence electrons. The van der Waals surface area contributed by atoms with Crippen LogP contribution < -0.4 is 14.8 Å². The Morgan fingerprint density at radius 3 is 2.85 bits per heavy atom. The van der Waals surface area contributed by atoms with Crippen LogP contribution in [0.25, 0.3) is 11.3 Å². The molecule has 1 aliphatic heterocycles. The zero-order chi connectivity index (χ0) is 13.9. The van der Waals surface area contributed by atoms with Crippen molar-refractivity contribution in [2.75, 3.05) is 20.8 Å². The summed E-state index contributed by atoms with van der Waals surface area (Å²) in [5, 5.41) is 3.37. The molecular formula is C15H17N3O2. The van der Waals surface area contributed by atoms with Crippen LogP contribution in [0, 0.1) is 0 Å². The predicted molar refractivity (Wildman–Crippen MR) is 76.0 cm³/mol.